The van der Waals surface area contributed by atoms with E-state index in [2.05, 4.69) is 60.4 Å². The number of carbonyl (C=O) groups excluding carboxylic acids is 1. The Bertz CT molecular complexity index is 1500. The number of carbonyl (C=O) groups is 1. The highest BCUT2D eigenvalue weighted by molar-refractivity contribution is 6.38. The van der Waals surface area contributed by atoms with Crippen molar-refractivity contribution in [1.29, 1.82) is 0 Å². The topological polar surface area (TPSA) is 20.3 Å². The highest BCUT2D eigenvalue weighted by Gasteiger charge is 2.26. The number of anilines is 1. The van der Waals surface area contributed by atoms with Crippen LogP contribution in [0.5, 0.6) is 0 Å². The lowest BCUT2D eigenvalue weighted by molar-refractivity contribution is 0.105. The number of fused-ring (bicyclic) bond motifs is 4. The van der Waals surface area contributed by atoms with Crippen LogP contribution in [0.25, 0.3) is 11.6 Å². The number of hydrogen-bond acceptors (Lipinski definition) is 2. The highest BCUT2D eigenvalue weighted by atomic mass is 35.5. The van der Waals surface area contributed by atoms with Crippen molar-refractivity contribution in [3.63, 3.8) is 0 Å². The van der Waals surface area contributed by atoms with E-state index in [1.807, 2.05) is 12.1 Å². The Kier molecular flexibility index (Phi) is 5.14. The predicted octanol–water partition coefficient (Wildman–Crippen LogP) is 5.18. The van der Waals surface area contributed by atoms with Crippen molar-refractivity contribution < 1.29 is 4.79 Å². The van der Waals surface area contributed by atoms with Gasteiger partial charge >= 0.3 is 0 Å². The molecule has 2 nitrogen and oxygen atoms in total. The third kappa shape index (κ3) is 3.52. The molecule has 3 aromatic carbocycles. The second-order valence-electron chi connectivity index (χ2n) is 9.79. The quantitative estimate of drug-likeness (QED) is 0.509. The SMILES string of the molecule is C[C@@H]1CC(C(=O)c2ccc(N3CCCC3)cc2Cl)=c2ccc3c(c2C1)CC=c1ccccc1=3. The maximum Gasteiger partial charge on any atom is 0.191 e. The minimum Gasteiger partial charge on any atom is -0.371 e. The molecule has 0 radical (unpaired) electrons. The van der Waals surface area contributed by atoms with Crippen molar-refractivity contribution in [3.05, 3.63) is 97.2 Å². The van der Waals surface area contributed by atoms with E-state index >= 15 is 0 Å². The van der Waals surface area contributed by atoms with Crippen LogP contribution in [0.1, 0.15) is 47.7 Å². The maximum atomic E-state index is 13.8. The van der Waals surface area contributed by atoms with Gasteiger partial charge in [-0.3, -0.25) is 4.79 Å². The third-order valence-corrected chi connectivity index (χ3v) is 7.89. The van der Waals surface area contributed by atoms with E-state index in [0.717, 1.165) is 48.8 Å². The lowest BCUT2D eigenvalue weighted by Gasteiger charge is -2.25. The summed E-state index contributed by atoms with van der Waals surface area (Å²) in [5, 5.41) is 5.62. The molecule has 0 unspecified atom stereocenters. The fourth-order valence-corrected chi connectivity index (χ4v) is 6.20. The van der Waals surface area contributed by atoms with Gasteiger partial charge in [-0.2, -0.15) is 0 Å². The number of hydrogen-bond donors (Lipinski definition) is 0. The lowest BCUT2D eigenvalue weighted by Crippen LogP contribution is -2.29. The predicted molar refractivity (Wildman–Crippen MR) is 136 cm³/mol. The molecule has 166 valence electrons. The van der Waals surface area contributed by atoms with Crippen molar-refractivity contribution in [3.8, 4) is 0 Å². The molecule has 2 aliphatic carbocycles. The molecule has 1 aliphatic heterocycles. The van der Waals surface area contributed by atoms with Crippen LogP contribution in [0.2, 0.25) is 5.02 Å². The minimum atomic E-state index is 0.0842. The molecule has 3 aliphatic rings. The van der Waals surface area contributed by atoms with Gasteiger partial charge in [0.15, 0.2) is 5.78 Å². The fourth-order valence-electron chi connectivity index (χ4n) is 5.94. The molecule has 3 aromatic rings. The van der Waals surface area contributed by atoms with Crippen LogP contribution in [0, 0.1) is 16.4 Å². The molecule has 0 amide bonds. The molecule has 1 atom stereocenters. The molecule has 0 aromatic heterocycles. The number of halogens is 1. The molecule has 1 heterocycles. The first kappa shape index (κ1) is 20.7. The normalized spacial score (nSPS) is 18.9. The molecular formula is C30H28ClNO. The van der Waals surface area contributed by atoms with Crippen molar-refractivity contribution in [2.75, 3.05) is 18.0 Å². The van der Waals surface area contributed by atoms with Crippen LogP contribution in [0.4, 0.5) is 5.69 Å². The lowest BCUT2D eigenvalue weighted by atomic mass is 9.79. The van der Waals surface area contributed by atoms with Crippen molar-refractivity contribution in [2.45, 2.75) is 39.0 Å². The van der Waals surface area contributed by atoms with Crippen molar-refractivity contribution in [1.82, 2.24) is 0 Å². The van der Waals surface area contributed by atoms with E-state index in [0.29, 0.717) is 16.5 Å². The molecule has 0 N–H and O–H groups in total. The summed E-state index contributed by atoms with van der Waals surface area (Å²) in [5.41, 5.74) is 5.41. The number of ketones is 1. The molecule has 0 bridgehead atoms. The first-order valence-corrected chi connectivity index (χ1v) is 12.5. The highest BCUT2D eigenvalue weighted by Crippen LogP contribution is 2.31. The van der Waals surface area contributed by atoms with E-state index in [-0.39, 0.29) is 5.78 Å². The molecular weight excluding hydrogens is 426 g/mol. The van der Waals surface area contributed by atoms with Gasteiger partial charge in [-0.05, 0) is 88.2 Å². The van der Waals surface area contributed by atoms with Gasteiger partial charge < -0.3 is 4.90 Å². The van der Waals surface area contributed by atoms with Crippen molar-refractivity contribution in [2.24, 2.45) is 5.92 Å². The second kappa shape index (κ2) is 8.18. The van der Waals surface area contributed by atoms with Gasteiger partial charge in [0, 0.05) is 29.9 Å². The Balaban J connectivity index is 1.50. The van der Waals surface area contributed by atoms with E-state index in [1.54, 1.807) is 0 Å². The summed E-state index contributed by atoms with van der Waals surface area (Å²) < 4.78 is 0. The van der Waals surface area contributed by atoms with Crippen LogP contribution in [-0.4, -0.2) is 18.9 Å². The Morgan fingerprint density at radius 3 is 2.52 bits per heavy atom. The molecule has 3 heteroatoms. The summed E-state index contributed by atoms with van der Waals surface area (Å²) in [7, 11) is 0. The number of Topliss-reactive ketones (excluding diaryl/α,β-unsaturated/α-hetero) is 1. The van der Waals surface area contributed by atoms with E-state index in [9.17, 15) is 4.79 Å². The third-order valence-electron chi connectivity index (χ3n) is 7.58. The second-order valence-corrected chi connectivity index (χ2v) is 10.2. The molecule has 1 fully saturated rings. The zero-order valence-corrected chi connectivity index (χ0v) is 19.8. The van der Waals surface area contributed by atoms with E-state index in [1.165, 1.54) is 39.6 Å². The molecule has 0 spiro atoms. The van der Waals surface area contributed by atoms with Gasteiger partial charge in [0.05, 0.1) is 5.02 Å². The molecule has 0 saturated carbocycles. The first-order chi connectivity index (χ1) is 16.1. The smallest absolute Gasteiger partial charge is 0.191 e. The average molecular weight is 454 g/mol. The van der Waals surface area contributed by atoms with Gasteiger partial charge in [-0.15, -0.1) is 0 Å². The number of rotatable bonds is 3. The summed E-state index contributed by atoms with van der Waals surface area (Å²) in [6.45, 7) is 4.39. The van der Waals surface area contributed by atoms with Crippen LogP contribution in [0.3, 0.4) is 0 Å². The Morgan fingerprint density at radius 1 is 0.909 bits per heavy atom. The van der Waals surface area contributed by atoms with Crippen LogP contribution < -0.4 is 15.3 Å². The standard InChI is InChI=1S/C30H28ClNO/c1-19-16-27-24-10-8-20-6-2-3-7-22(20)23(24)12-13-25(27)28(17-19)30(33)26-11-9-21(18-29(26)31)32-14-4-5-15-32/h2-3,6-9,11-13,18-19H,4-5,10,14-17H2,1H3/t19-/m0/s1. The summed E-state index contributed by atoms with van der Waals surface area (Å²) in [6, 6.07) is 19.0. The summed E-state index contributed by atoms with van der Waals surface area (Å²) in [6.07, 6.45) is 7.51. The van der Waals surface area contributed by atoms with Gasteiger partial charge in [0.1, 0.15) is 0 Å². The van der Waals surface area contributed by atoms with Gasteiger partial charge in [0.2, 0.25) is 0 Å². The zero-order valence-electron chi connectivity index (χ0n) is 19.0. The van der Waals surface area contributed by atoms with Crippen LogP contribution >= 0.6 is 11.6 Å². The monoisotopic (exact) mass is 453 g/mol. The van der Waals surface area contributed by atoms with Gasteiger partial charge in [-0.1, -0.05) is 61.0 Å². The van der Waals surface area contributed by atoms with Crippen molar-refractivity contribution >= 4 is 34.7 Å². The van der Waals surface area contributed by atoms with Gasteiger partial charge in [-0.25, -0.2) is 0 Å². The van der Waals surface area contributed by atoms with E-state index in [4.69, 9.17) is 11.6 Å². The van der Waals surface area contributed by atoms with Gasteiger partial charge in [0.25, 0.3) is 0 Å². The summed E-state index contributed by atoms with van der Waals surface area (Å²) in [4.78, 5) is 16.1. The van der Waals surface area contributed by atoms with Crippen LogP contribution in [-0.2, 0) is 12.8 Å². The molecule has 1 saturated heterocycles. The molecule has 33 heavy (non-hydrogen) atoms. The Labute approximate surface area is 199 Å². The maximum absolute atomic E-state index is 13.8. The largest absolute Gasteiger partial charge is 0.371 e. The zero-order chi connectivity index (χ0) is 22.5. The minimum absolute atomic E-state index is 0.0842. The fraction of sp³-hybridized carbons (Fsp3) is 0.300. The number of nitrogens with zero attached hydrogens (tertiary/aromatic N) is 1. The Hall–Kier alpha value is -2.84. The Morgan fingerprint density at radius 2 is 1.70 bits per heavy atom. The molecule has 6 rings (SSSR count). The average Bonchev–Trinajstić information content (AvgIpc) is 3.38. The van der Waals surface area contributed by atoms with E-state index < -0.39 is 0 Å². The summed E-state index contributed by atoms with van der Waals surface area (Å²) in [5.74, 6) is 0.517. The summed E-state index contributed by atoms with van der Waals surface area (Å²) >= 11 is 6.69. The van der Waals surface area contributed by atoms with Crippen LogP contribution in [0.15, 0.2) is 54.6 Å². The first-order valence-electron chi connectivity index (χ1n) is 12.1. The number of benzene rings is 3.